The van der Waals surface area contributed by atoms with Crippen LogP contribution in [0, 0.1) is 11.3 Å². The lowest BCUT2D eigenvalue weighted by Crippen LogP contribution is -2.60. The molecule has 2 aliphatic carbocycles. The molecule has 2 saturated heterocycles. The molecule has 4 aliphatic rings. The van der Waals surface area contributed by atoms with Crippen LogP contribution >= 0.6 is 0 Å². The molecule has 3 heterocycles. The molecule has 7 heteroatoms. The Labute approximate surface area is 153 Å². The van der Waals surface area contributed by atoms with Crippen molar-refractivity contribution in [1.29, 1.82) is 0 Å². The second kappa shape index (κ2) is 5.30. The maximum absolute atomic E-state index is 13.3. The second-order valence-electron chi connectivity index (χ2n) is 8.98. The second-order valence-corrected chi connectivity index (χ2v) is 8.98. The van der Waals surface area contributed by atoms with Crippen molar-refractivity contribution >= 4 is 11.8 Å². The van der Waals surface area contributed by atoms with Crippen molar-refractivity contribution in [3.63, 3.8) is 0 Å². The van der Waals surface area contributed by atoms with Gasteiger partial charge in [-0.15, -0.1) is 5.10 Å². The summed E-state index contributed by atoms with van der Waals surface area (Å²) in [5.41, 5.74) is -0.310. The van der Waals surface area contributed by atoms with Crippen LogP contribution in [-0.2, 0) is 15.1 Å². The molecule has 2 aliphatic heterocycles. The fraction of sp³-hybridized carbons (Fsp3) is 0.789. The largest absolute Gasteiger partial charge is 0.338 e. The number of likely N-dealkylation sites (tertiary alicyclic amines) is 1. The molecule has 2 saturated carbocycles. The van der Waals surface area contributed by atoms with Crippen LogP contribution in [0.25, 0.3) is 0 Å². The van der Waals surface area contributed by atoms with E-state index in [-0.39, 0.29) is 29.3 Å². The van der Waals surface area contributed by atoms with Crippen molar-refractivity contribution in [3.8, 4) is 0 Å². The lowest BCUT2D eigenvalue weighted by molar-refractivity contribution is -0.148. The molecule has 140 valence electrons. The molecule has 1 aromatic rings. The Morgan fingerprint density at radius 1 is 1.19 bits per heavy atom. The van der Waals surface area contributed by atoms with Gasteiger partial charge < -0.3 is 9.80 Å². The van der Waals surface area contributed by atoms with Crippen molar-refractivity contribution in [2.75, 3.05) is 13.1 Å². The number of rotatable bonds is 4. The molecule has 0 spiro atoms. The number of hydrogen-bond donors (Lipinski definition) is 0. The fourth-order valence-electron chi connectivity index (χ4n) is 5.15. The van der Waals surface area contributed by atoms with E-state index >= 15 is 0 Å². The van der Waals surface area contributed by atoms with Gasteiger partial charge in [0.2, 0.25) is 5.91 Å². The van der Waals surface area contributed by atoms with Gasteiger partial charge in [-0.1, -0.05) is 19.1 Å². The van der Waals surface area contributed by atoms with Gasteiger partial charge in [0, 0.05) is 37.3 Å². The van der Waals surface area contributed by atoms with Crippen LogP contribution in [0.4, 0.5) is 0 Å². The highest BCUT2D eigenvalue weighted by molar-refractivity contribution is 5.89. The van der Waals surface area contributed by atoms with Gasteiger partial charge in [-0.05, 0) is 43.9 Å². The Balaban J connectivity index is 1.31. The van der Waals surface area contributed by atoms with E-state index in [4.69, 9.17) is 0 Å². The summed E-state index contributed by atoms with van der Waals surface area (Å²) in [4.78, 5) is 30.4. The number of fused-ring (bicyclic) bond motifs is 2. The highest BCUT2D eigenvalue weighted by atomic mass is 16.2. The monoisotopic (exact) mass is 357 g/mol. The summed E-state index contributed by atoms with van der Waals surface area (Å²) in [5.74, 6) is 0.697. The van der Waals surface area contributed by atoms with Crippen molar-refractivity contribution in [2.24, 2.45) is 11.3 Å². The number of carbonyl (C=O) groups is 2. The lowest BCUT2D eigenvalue weighted by atomic mass is 10.0. The first kappa shape index (κ1) is 16.3. The summed E-state index contributed by atoms with van der Waals surface area (Å²) < 4.78 is 1.74. The average Bonchev–Trinajstić information content (AvgIpc) is 3.49. The third-order valence-corrected chi connectivity index (χ3v) is 7.47. The van der Waals surface area contributed by atoms with Crippen LogP contribution in [0.5, 0.6) is 0 Å². The summed E-state index contributed by atoms with van der Waals surface area (Å²) in [6.45, 7) is 5.79. The quantitative estimate of drug-likeness (QED) is 0.817. The molecule has 7 nitrogen and oxygen atoms in total. The van der Waals surface area contributed by atoms with Crippen LogP contribution in [0.15, 0.2) is 12.4 Å². The van der Waals surface area contributed by atoms with E-state index in [2.05, 4.69) is 29.1 Å². The number of piperazine rings is 1. The maximum Gasteiger partial charge on any atom is 0.251 e. The van der Waals surface area contributed by atoms with E-state index in [0.717, 1.165) is 38.5 Å². The predicted octanol–water partition coefficient (Wildman–Crippen LogP) is 1.41. The van der Waals surface area contributed by atoms with Crippen molar-refractivity contribution in [3.05, 3.63) is 12.4 Å². The molecule has 2 amide bonds. The minimum absolute atomic E-state index is 0.165. The SMILES string of the molecule is CCC1(C)CC1C(=O)N1CC2CCC(C1)N2C(=O)C1(n2ccnn2)CC1. The van der Waals surface area contributed by atoms with E-state index in [0.29, 0.717) is 19.0 Å². The smallest absolute Gasteiger partial charge is 0.251 e. The van der Waals surface area contributed by atoms with E-state index in [1.807, 2.05) is 4.90 Å². The first-order valence-electron chi connectivity index (χ1n) is 9.97. The number of aromatic nitrogens is 3. The first-order valence-corrected chi connectivity index (χ1v) is 9.97. The predicted molar refractivity (Wildman–Crippen MR) is 94.0 cm³/mol. The zero-order valence-electron chi connectivity index (χ0n) is 15.6. The molecule has 26 heavy (non-hydrogen) atoms. The molecule has 4 unspecified atom stereocenters. The molecule has 0 N–H and O–H groups in total. The van der Waals surface area contributed by atoms with Gasteiger partial charge in [-0.25, -0.2) is 4.68 Å². The van der Waals surface area contributed by atoms with Crippen LogP contribution < -0.4 is 0 Å². The van der Waals surface area contributed by atoms with Crippen LogP contribution in [0.3, 0.4) is 0 Å². The normalized spacial score (nSPS) is 36.9. The zero-order valence-corrected chi connectivity index (χ0v) is 15.6. The summed E-state index contributed by atoms with van der Waals surface area (Å²) >= 11 is 0. The Hall–Kier alpha value is -1.92. The molecule has 0 aromatic carbocycles. The molecular formula is C19H27N5O2. The average molecular weight is 357 g/mol. The van der Waals surface area contributed by atoms with Crippen LogP contribution in [0.1, 0.15) is 52.4 Å². The van der Waals surface area contributed by atoms with Crippen molar-refractivity contribution < 1.29 is 9.59 Å². The summed E-state index contributed by atoms with van der Waals surface area (Å²) in [6.07, 6.45) is 9.20. The van der Waals surface area contributed by atoms with Gasteiger partial charge in [-0.3, -0.25) is 9.59 Å². The summed E-state index contributed by atoms with van der Waals surface area (Å²) in [6, 6.07) is 0.329. The van der Waals surface area contributed by atoms with E-state index < -0.39 is 5.54 Å². The third-order valence-electron chi connectivity index (χ3n) is 7.47. The van der Waals surface area contributed by atoms with Gasteiger partial charge >= 0.3 is 0 Å². The standard InChI is InChI=1S/C19H27N5O2/c1-3-18(2)10-15(18)16(25)22-11-13-4-5-14(12-22)24(13)17(26)19(6-7-19)23-9-8-20-21-23/h8-9,13-15H,3-7,10-12H2,1-2H3. The molecule has 4 atom stereocenters. The summed E-state index contributed by atoms with van der Waals surface area (Å²) in [5, 5.41) is 7.97. The van der Waals surface area contributed by atoms with Crippen molar-refractivity contribution in [2.45, 2.75) is 70.0 Å². The van der Waals surface area contributed by atoms with E-state index in [1.54, 1.807) is 17.1 Å². The number of amides is 2. The Bertz CT molecular complexity index is 729. The Morgan fingerprint density at radius 3 is 2.38 bits per heavy atom. The Morgan fingerprint density at radius 2 is 1.88 bits per heavy atom. The Kier molecular flexibility index (Phi) is 3.32. The minimum atomic E-state index is -0.513. The van der Waals surface area contributed by atoms with Crippen LogP contribution in [-0.4, -0.2) is 61.8 Å². The molecule has 4 fully saturated rings. The number of carbonyl (C=O) groups excluding carboxylic acids is 2. The minimum Gasteiger partial charge on any atom is -0.338 e. The fourth-order valence-corrected chi connectivity index (χ4v) is 5.15. The zero-order chi connectivity index (χ0) is 18.1. The highest BCUT2D eigenvalue weighted by Crippen LogP contribution is 2.56. The summed E-state index contributed by atoms with van der Waals surface area (Å²) in [7, 11) is 0. The third kappa shape index (κ3) is 2.18. The van der Waals surface area contributed by atoms with E-state index in [1.165, 1.54) is 0 Å². The van der Waals surface area contributed by atoms with Crippen LogP contribution in [0.2, 0.25) is 0 Å². The van der Waals surface area contributed by atoms with Gasteiger partial charge in [0.05, 0.1) is 6.20 Å². The van der Waals surface area contributed by atoms with Gasteiger partial charge in [0.25, 0.3) is 5.91 Å². The van der Waals surface area contributed by atoms with Crippen molar-refractivity contribution in [1.82, 2.24) is 24.8 Å². The highest BCUT2D eigenvalue weighted by Gasteiger charge is 2.60. The number of hydrogen-bond acceptors (Lipinski definition) is 4. The molecule has 2 bridgehead atoms. The molecule has 5 rings (SSSR count). The van der Waals surface area contributed by atoms with Gasteiger partial charge in [-0.2, -0.15) is 0 Å². The van der Waals surface area contributed by atoms with E-state index in [9.17, 15) is 9.59 Å². The lowest BCUT2D eigenvalue weighted by Gasteiger charge is -2.42. The molecule has 0 radical (unpaired) electrons. The maximum atomic E-state index is 13.3. The first-order chi connectivity index (χ1) is 12.5. The van der Waals surface area contributed by atoms with Gasteiger partial charge in [0.15, 0.2) is 0 Å². The molecule has 1 aromatic heterocycles. The van der Waals surface area contributed by atoms with Gasteiger partial charge in [0.1, 0.15) is 5.54 Å². The number of nitrogens with zero attached hydrogens (tertiary/aromatic N) is 5. The molecular weight excluding hydrogens is 330 g/mol. The topological polar surface area (TPSA) is 71.3 Å².